The summed E-state index contributed by atoms with van der Waals surface area (Å²) in [7, 11) is -1.72. The Morgan fingerprint density at radius 2 is 0.714 bits per heavy atom. The third kappa shape index (κ3) is 28.9. The summed E-state index contributed by atoms with van der Waals surface area (Å²) in [5.41, 5.74) is 0. The second kappa shape index (κ2) is 22.0. The molecular formula is C30H56Si5. The molecule has 3 rings (SSSR count). The van der Waals surface area contributed by atoms with Gasteiger partial charge in [0.25, 0.3) is 0 Å². The molecule has 0 aliphatic carbocycles. The molecule has 35 heavy (non-hydrogen) atoms. The molecule has 5 heteroatoms. The Morgan fingerprint density at radius 3 is 0.914 bits per heavy atom. The molecule has 0 spiro atoms. The van der Waals surface area contributed by atoms with Gasteiger partial charge >= 0.3 is 0 Å². The molecule has 0 aliphatic rings. The van der Waals surface area contributed by atoms with E-state index in [2.05, 4.69) is 170 Å². The lowest BCUT2D eigenvalue weighted by Crippen LogP contribution is -2.38. The van der Waals surface area contributed by atoms with E-state index in [-0.39, 0.29) is 27.1 Å². The highest BCUT2D eigenvalue weighted by molar-refractivity contribution is 6.84. The van der Waals surface area contributed by atoms with E-state index in [4.69, 9.17) is 0 Å². The van der Waals surface area contributed by atoms with Crippen LogP contribution < -0.4 is 15.6 Å². The maximum absolute atomic E-state index is 2.38. The molecule has 0 nitrogen and oxygen atoms in total. The fourth-order valence-corrected chi connectivity index (χ4v) is 5.12. The average Bonchev–Trinajstić information content (AvgIpc) is 2.79. The Hall–Kier alpha value is -1.26. The summed E-state index contributed by atoms with van der Waals surface area (Å²) < 4.78 is 0. The van der Waals surface area contributed by atoms with Gasteiger partial charge in [0.15, 0.2) is 0 Å². The molecule has 0 atom stereocenters. The Morgan fingerprint density at radius 1 is 0.486 bits per heavy atom. The van der Waals surface area contributed by atoms with Gasteiger partial charge in [0.1, 0.15) is 0 Å². The van der Waals surface area contributed by atoms with Crippen molar-refractivity contribution in [3.05, 3.63) is 91.0 Å². The monoisotopic (exact) mass is 556 g/mol. The van der Waals surface area contributed by atoms with Crippen molar-refractivity contribution in [1.29, 1.82) is 0 Å². The van der Waals surface area contributed by atoms with Gasteiger partial charge in [-0.25, -0.2) is 0 Å². The zero-order chi connectivity index (χ0) is 27.3. The van der Waals surface area contributed by atoms with Gasteiger partial charge in [0, 0.05) is 25.7 Å². The van der Waals surface area contributed by atoms with Crippen LogP contribution >= 0.6 is 0 Å². The third-order valence-electron chi connectivity index (χ3n) is 3.85. The first-order valence-corrected chi connectivity index (χ1v) is 28.8. The Labute approximate surface area is 228 Å². The van der Waals surface area contributed by atoms with E-state index >= 15 is 0 Å². The summed E-state index contributed by atoms with van der Waals surface area (Å²) in [4.78, 5) is 0. The second-order valence-corrected chi connectivity index (χ2v) is 29.1. The predicted molar refractivity (Wildman–Crippen MR) is 184 cm³/mol. The largest absolute Gasteiger partial charge is 0.0997 e. The molecular weight excluding hydrogens is 501 g/mol. The first-order chi connectivity index (χ1) is 16.3. The minimum Gasteiger partial charge on any atom is -0.0724 e. The highest BCUT2D eigenvalue weighted by atomic mass is 28.3. The summed E-state index contributed by atoms with van der Waals surface area (Å²) in [5, 5.41) is 4.57. The zero-order valence-corrected chi connectivity index (χ0v) is 31.0. The van der Waals surface area contributed by atoms with Crippen LogP contribution in [0.15, 0.2) is 91.0 Å². The summed E-state index contributed by atoms with van der Waals surface area (Å²) in [6.07, 6.45) is 0. The van der Waals surface area contributed by atoms with Crippen molar-refractivity contribution in [3.8, 4) is 0 Å². The molecule has 0 N–H and O–H groups in total. The molecule has 0 amide bonds. The molecule has 0 saturated carbocycles. The van der Waals surface area contributed by atoms with Crippen LogP contribution in [-0.4, -0.2) is 44.0 Å². The van der Waals surface area contributed by atoms with E-state index in [0.717, 1.165) is 0 Å². The van der Waals surface area contributed by atoms with Crippen LogP contribution in [-0.2, 0) is 0 Å². The molecule has 3 aromatic carbocycles. The normalized spacial score (nSPS) is 10.4. The minimum absolute atomic E-state index is 0.0913. The van der Waals surface area contributed by atoms with Crippen molar-refractivity contribution in [2.24, 2.45) is 0 Å². The fourth-order valence-electron chi connectivity index (χ4n) is 2.39. The highest BCUT2D eigenvalue weighted by Gasteiger charge is 2.07. The lowest BCUT2D eigenvalue weighted by Gasteiger charge is -2.09. The van der Waals surface area contributed by atoms with Crippen molar-refractivity contribution < 1.29 is 0 Å². The topological polar surface area (TPSA) is 0 Å². The van der Waals surface area contributed by atoms with E-state index < -0.39 is 16.9 Å². The fraction of sp³-hybridized carbons (Fsp3) is 0.400. The molecule has 0 bridgehead atoms. The van der Waals surface area contributed by atoms with Crippen LogP contribution in [0.4, 0.5) is 0 Å². The minimum atomic E-state index is -0.919. The first kappa shape index (κ1) is 35.9. The number of hydrogen-bond acceptors (Lipinski definition) is 0. The Bertz CT molecular complexity index is 757. The van der Waals surface area contributed by atoms with Crippen molar-refractivity contribution >= 4 is 59.5 Å². The summed E-state index contributed by atoms with van der Waals surface area (Å²) >= 11 is 0. The van der Waals surface area contributed by atoms with Crippen LogP contribution in [0.1, 0.15) is 0 Å². The molecule has 0 aliphatic heterocycles. The van der Waals surface area contributed by atoms with Crippen LogP contribution in [0, 0.1) is 0 Å². The van der Waals surface area contributed by atoms with E-state index in [1.54, 1.807) is 5.19 Å². The molecule has 0 heterocycles. The molecule has 0 saturated heterocycles. The molecule has 196 valence electrons. The third-order valence-corrected chi connectivity index (χ3v) is 7.91. The summed E-state index contributed by atoms with van der Waals surface area (Å²) in [6, 6.07) is 32.3. The van der Waals surface area contributed by atoms with E-state index in [9.17, 15) is 0 Å². The number of benzene rings is 3. The van der Waals surface area contributed by atoms with Crippen LogP contribution in [0.3, 0.4) is 0 Å². The van der Waals surface area contributed by atoms with E-state index in [1.165, 1.54) is 10.4 Å². The zero-order valence-electron chi connectivity index (χ0n) is 25.1. The van der Waals surface area contributed by atoms with Gasteiger partial charge in [0.05, 0.1) is 18.3 Å². The summed E-state index contributed by atoms with van der Waals surface area (Å²) in [5.74, 6) is 0. The highest BCUT2D eigenvalue weighted by Crippen LogP contribution is 1.94. The molecule has 3 aromatic rings. The van der Waals surface area contributed by atoms with Gasteiger partial charge in [-0.3, -0.25) is 0 Å². The van der Waals surface area contributed by atoms with Crippen molar-refractivity contribution in [3.63, 3.8) is 0 Å². The van der Waals surface area contributed by atoms with E-state index in [1.807, 2.05) is 0 Å². The van der Waals surface area contributed by atoms with Gasteiger partial charge in [-0.1, -0.05) is 185 Å². The van der Waals surface area contributed by atoms with Crippen LogP contribution in [0.2, 0.25) is 78.6 Å². The van der Waals surface area contributed by atoms with Crippen LogP contribution in [0.5, 0.6) is 0 Å². The molecule has 0 unspecified atom stereocenters. The predicted octanol–water partition coefficient (Wildman–Crippen LogP) is 6.35. The quantitative estimate of drug-likeness (QED) is 0.330. The Balaban J connectivity index is 0. The molecule has 0 radical (unpaired) electrons. The van der Waals surface area contributed by atoms with Crippen LogP contribution in [0.25, 0.3) is 0 Å². The van der Waals surface area contributed by atoms with Gasteiger partial charge in [-0.2, -0.15) is 0 Å². The lowest BCUT2D eigenvalue weighted by atomic mass is 10.4. The first-order valence-electron chi connectivity index (χ1n) is 13.4. The van der Waals surface area contributed by atoms with Crippen molar-refractivity contribution in [2.75, 3.05) is 0 Å². The van der Waals surface area contributed by atoms with Gasteiger partial charge < -0.3 is 0 Å². The molecule has 0 fully saturated rings. The van der Waals surface area contributed by atoms with Crippen molar-refractivity contribution in [2.45, 2.75) is 78.6 Å². The van der Waals surface area contributed by atoms with Gasteiger partial charge in [-0.05, 0) is 0 Å². The second-order valence-electron chi connectivity index (χ2n) is 11.8. The standard InChI is InChI=1S/C13H14Si.C7H10Si.C4H12Si.2C3H10Si/c1-14(12-8-4-2-5-9-12)13-10-6-3-7-11-13;1-8-7-5-3-2-4-6-7;1-5(2,3)4;2*1-4(2)3/h2-11,14H,1H3;2-6H,8H2,1H3;1-4H3;2*4H,1-3H3. The van der Waals surface area contributed by atoms with E-state index in [0.29, 0.717) is 0 Å². The molecule has 0 aromatic heterocycles. The van der Waals surface area contributed by atoms with Gasteiger partial charge in [-0.15, -0.1) is 0 Å². The smallest absolute Gasteiger partial charge is 0.0724 e. The SMILES string of the molecule is C[SiH2]c1ccccc1.C[SiH](C)C.C[SiH](C)C.C[SiH](c1ccccc1)c1ccccc1.C[Si](C)(C)C. The number of hydrogen-bond donors (Lipinski definition) is 0. The Kier molecular flexibility index (Phi) is 22.5. The number of rotatable bonds is 3. The maximum Gasteiger partial charge on any atom is 0.0997 e. The maximum atomic E-state index is 2.38. The lowest BCUT2D eigenvalue weighted by molar-refractivity contribution is 1.71. The summed E-state index contributed by atoms with van der Waals surface area (Å²) in [6.45, 7) is 27.8. The van der Waals surface area contributed by atoms with Crippen molar-refractivity contribution in [1.82, 2.24) is 0 Å². The van der Waals surface area contributed by atoms with Gasteiger partial charge in [0.2, 0.25) is 0 Å². The average molecular weight is 557 g/mol.